The van der Waals surface area contributed by atoms with E-state index in [4.69, 9.17) is 18.9 Å². The molecular formula is C46H56N2O12. The number of carbonyl (C=O) groups is 2. The number of phenolic OH excluding ortho intramolecular Hbond substituents is 1. The van der Waals surface area contributed by atoms with E-state index in [1.165, 1.54) is 30.2 Å². The summed E-state index contributed by atoms with van der Waals surface area (Å²) in [6.07, 6.45) is 2.94. The van der Waals surface area contributed by atoms with Gasteiger partial charge in [-0.25, -0.2) is 4.79 Å². The molecule has 3 spiro atoms. The molecule has 2 aromatic carbocycles. The largest absolute Gasteiger partial charge is 0.506 e. The van der Waals surface area contributed by atoms with Gasteiger partial charge in [0.05, 0.1) is 35.3 Å². The Kier molecular flexibility index (Phi) is 8.89. The van der Waals surface area contributed by atoms with Crippen LogP contribution >= 0.6 is 0 Å². The maximum absolute atomic E-state index is 12.8. The summed E-state index contributed by atoms with van der Waals surface area (Å²) >= 11 is 0. The molecule has 14 heteroatoms. The minimum absolute atomic E-state index is 0.0452. The first kappa shape index (κ1) is 39.4. The topological polar surface area (TPSA) is 216 Å². The van der Waals surface area contributed by atoms with Crippen LogP contribution in [-0.2, 0) is 14.2 Å². The number of carboxylic acids is 1. The molecule has 8 N–H and O–H groups in total. The summed E-state index contributed by atoms with van der Waals surface area (Å²) in [5.74, 6) is -2.04. The smallest absolute Gasteiger partial charge is 0.335 e. The van der Waals surface area contributed by atoms with E-state index in [1.54, 1.807) is 13.0 Å². The van der Waals surface area contributed by atoms with Crippen LogP contribution in [-0.4, -0.2) is 116 Å². The van der Waals surface area contributed by atoms with E-state index in [2.05, 4.69) is 16.9 Å². The highest BCUT2D eigenvalue weighted by molar-refractivity contribution is 6.08. The highest BCUT2D eigenvalue weighted by atomic mass is 16.7. The van der Waals surface area contributed by atoms with Crippen LogP contribution in [0.15, 0.2) is 41.0 Å². The average Bonchev–Trinajstić information content (AvgIpc) is 3.76. The van der Waals surface area contributed by atoms with Crippen molar-refractivity contribution in [2.45, 2.75) is 138 Å². The lowest BCUT2D eigenvalue weighted by Gasteiger charge is -2.72. The molecule has 60 heavy (non-hydrogen) atoms. The molecule has 322 valence electrons. The van der Waals surface area contributed by atoms with Crippen molar-refractivity contribution in [3.05, 3.63) is 57.7 Å². The predicted molar refractivity (Wildman–Crippen MR) is 214 cm³/mol. The molecule has 3 saturated carbocycles. The van der Waals surface area contributed by atoms with Gasteiger partial charge in [0, 0.05) is 36.1 Å². The van der Waals surface area contributed by atoms with Crippen LogP contribution < -0.4 is 15.6 Å². The van der Waals surface area contributed by atoms with E-state index in [-0.39, 0.29) is 70.3 Å². The van der Waals surface area contributed by atoms with Gasteiger partial charge >= 0.3 is 5.97 Å². The van der Waals surface area contributed by atoms with Gasteiger partial charge in [-0.2, -0.15) is 0 Å². The van der Waals surface area contributed by atoms with E-state index in [0.29, 0.717) is 49.5 Å². The third-order valence-corrected chi connectivity index (χ3v) is 16.9. The maximum Gasteiger partial charge on any atom is 0.335 e. The first-order valence-corrected chi connectivity index (χ1v) is 22.0. The molecule has 0 aromatic heterocycles. The Morgan fingerprint density at radius 1 is 1.08 bits per heavy atom. The molecular weight excluding hydrogens is 773 g/mol. The maximum atomic E-state index is 12.8. The fraction of sp³-hybridized carbons (Fsp3) is 0.652. The number of fused-ring (bicyclic) bond motifs is 4. The zero-order valence-corrected chi connectivity index (χ0v) is 34.1. The third kappa shape index (κ3) is 5.14. The molecule has 14 atom stereocenters. The quantitative estimate of drug-likeness (QED) is 0.187. The summed E-state index contributed by atoms with van der Waals surface area (Å²) in [6.45, 7) is 4.27. The number of nitrogens with one attached hydrogen (secondary N) is 2. The fourth-order valence-corrected chi connectivity index (χ4v) is 15.0. The Morgan fingerprint density at radius 3 is 2.70 bits per heavy atom. The minimum Gasteiger partial charge on any atom is -0.506 e. The predicted octanol–water partition coefficient (Wildman–Crippen LogP) is 3.72. The number of hydrazine groups is 1. The van der Waals surface area contributed by atoms with Crippen LogP contribution in [0, 0.1) is 35.5 Å². The van der Waals surface area contributed by atoms with E-state index >= 15 is 0 Å². The second kappa shape index (κ2) is 13.5. The molecule has 11 rings (SSSR count). The van der Waals surface area contributed by atoms with Crippen molar-refractivity contribution in [1.29, 1.82) is 0 Å². The monoisotopic (exact) mass is 828 g/mol. The number of allylic oxidation sites excluding steroid dienone is 1. The Bertz CT molecular complexity index is 2260. The van der Waals surface area contributed by atoms with Gasteiger partial charge in [0.1, 0.15) is 35.4 Å². The number of hydrogen-bond donors (Lipinski definition) is 8. The van der Waals surface area contributed by atoms with E-state index < -0.39 is 65.5 Å². The highest BCUT2D eigenvalue weighted by Gasteiger charge is 2.75. The Labute approximate surface area is 347 Å². The molecule has 5 aliphatic heterocycles. The summed E-state index contributed by atoms with van der Waals surface area (Å²) in [5, 5.41) is 69.3. The molecule has 0 unspecified atom stereocenters. The van der Waals surface area contributed by atoms with Crippen LogP contribution in [0.4, 0.5) is 0 Å². The lowest BCUT2D eigenvalue weighted by atomic mass is 9.39. The molecule has 4 saturated heterocycles. The van der Waals surface area contributed by atoms with Crippen molar-refractivity contribution < 1.29 is 59.2 Å². The summed E-state index contributed by atoms with van der Waals surface area (Å²) < 4.78 is 26.9. The van der Waals surface area contributed by atoms with Gasteiger partial charge < -0.3 is 49.6 Å². The zero-order chi connectivity index (χ0) is 41.7. The Hall–Kier alpha value is -3.44. The highest BCUT2D eigenvalue weighted by Crippen LogP contribution is 2.73. The number of benzene rings is 2. The normalized spacial score (nSPS) is 43.5. The number of carboxylic acid groups (broad SMARTS) is 1. The molecule has 4 aliphatic carbocycles. The lowest BCUT2D eigenvalue weighted by Crippen LogP contribution is -2.81. The number of aromatic hydroxyl groups is 1. The van der Waals surface area contributed by atoms with Crippen molar-refractivity contribution in [3.63, 3.8) is 0 Å². The summed E-state index contributed by atoms with van der Waals surface area (Å²) in [7, 11) is 0. The number of aliphatic hydroxyl groups is 4. The zero-order valence-electron chi connectivity index (χ0n) is 34.1. The summed E-state index contributed by atoms with van der Waals surface area (Å²) in [5.41, 5.74) is 9.46. The number of hydrogen-bond acceptors (Lipinski definition) is 13. The van der Waals surface area contributed by atoms with Crippen LogP contribution in [0.5, 0.6) is 11.5 Å². The van der Waals surface area contributed by atoms with E-state index in [9.17, 15) is 40.2 Å². The van der Waals surface area contributed by atoms with Crippen molar-refractivity contribution in [3.8, 4) is 11.5 Å². The van der Waals surface area contributed by atoms with Gasteiger partial charge in [-0.1, -0.05) is 18.6 Å². The van der Waals surface area contributed by atoms with Crippen LogP contribution in [0.25, 0.3) is 10.8 Å². The average molecular weight is 829 g/mol. The minimum atomic E-state index is -1.74. The number of aliphatic hydroxyl groups excluding tert-OH is 4. The molecule has 2 aromatic rings. The number of ketones is 1. The molecule has 0 radical (unpaired) electrons. The first-order chi connectivity index (χ1) is 28.8. The molecule has 0 amide bonds. The molecule has 9 aliphatic rings. The first-order valence-electron chi connectivity index (χ1n) is 22.0. The molecule has 7 fully saturated rings. The third-order valence-electron chi connectivity index (χ3n) is 16.9. The van der Waals surface area contributed by atoms with Gasteiger partial charge in [-0.15, -0.1) is 0 Å². The van der Waals surface area contributed by atoms with Crippen molar-refractivity contribution in [2.24, 2.45) is 28.6 Å². The van der Waals surface area contributed by atoms with Crippen molar-refractivity contribution in [2.75, 3.05) is 19.8 Å². The second-order valence-electron chi connectivity index (χ2n) is 19.8. The Morgan fingerprint density at radius 2 is 1.92 bits per heavy atom. The fourth-order valence-electron chi connectivity index (χ4n) is 15.0. The number of aryl methyl sites for hydroxylation is 1. The van der Waals surface area contributed by atoms with Gasteiger partial charge in [-0.05, 0) is 135 Å². The number of carbonyl (C=O) groups excluding carboxylic acids is 1. The van der Waals surface area contributed by atoms with Gasteiger partial charge in [0.2, 0.25) is 6.29 Å². The molecule has 14 nitrogen and oxygen atoms in total. The lowest BCUT2D eigenvalue weighted by molar-refractivity contribution is -0.337. The summed E-state index contributed by atoms with van der Waals surface area (Å²) in [6, 6.07) is 4.48. The molecule has 5 heterocycles. The number of ether oxygens (including phenoxy) is 4. The van der Waals surface area contributed by atoms with Crippen LogP contribution in [0.3, 0.4) is 0 Å². The SMILES string of the molecule is CC(=O)c1c(C)cc2cc(C(=O)O)cc(O[C@@H]3O[C@@H]4[C@@H](O)CC[C@H]5O[C@@]4(C[C@@H]4C6=C5CC=C6[C@]5(CCCO)COC[C@@H]6C[C@@]78CCC[C@@H]7NN[C@]4(C8)[C@H]65)[C@H](O)[C@H]3O)c2c1O. The van der Waals surface area contributed by atoms with Crippen LogP contribution in [0.1, 0.15) is 104 Å². The number of rotatable bonds is 7. The van der Waals surface area contributed by atoms with E-state index in [0.717, 1.165) is 44.1 Å². The van der Waals surface area contributed by atoms with Gasteiger partial charge in [0.15, 0.2) is 5.78 Å². The summed E-state index contributed by atoms with van der Waals surface area (Å²) in [4.78, 5) is 25.0. The van der Waals surface area contributed by atoms with Gasteiger partial charge in [-0.3, -0.25) is 15.6 Å². The standard InChI is InChI=1S/C46H56N2O12/c1-21-13-23-14-24(41(55)56)15-31(34(23)36(52)33(21)22(2)50)58-42-37(53)39(54)46-17-28-35-26(30(60-46)9-8-29(51)40(46)59-42)6-7-27(35)44(11-4-12-49)20-57-18-25-16-43-10-3-5-32(43)47-48-45(28,19-43)38(25)44/h7,13-15,25,28-30,32,37-40,42,47-49,51-54H,3-6,8-12,16-20H2,1-2H3,(H,55,56)/t25-,28+,29-,30+,32-,37+,38+,39+,40+,42+,43+,44-,45-,46-/m0/s1. The number of Topliss-reactive ketones (excluding diaryl/α,β-unsaturated/α-hetero) is 1. The van der Waals surface area contributed by atoms with Crippen molar-refractivity contribution >= 4 is 22.5 Å². The van der Waals surface area contributed by atoms with Gasteiger partial charge in [0.25, 0.3) is 0 Å². The van der Waals surface area contributed by atoms with Crippen molar-refractivity contribution in [1.82, 2.24) is 10.9 Å². The second-order valence-corrected chi connectivity index (χ2v) is 19.8. The molecule has 4 bridgehead atoms. The number of aromatic carboxylic acids is 1. The number of phenols is 1. The van der Waals surface area contributed by atoms with E-state index in [1.807, 2.05) is 0 Å². The Balaban J connectivity index is 1.03. The van der Waals surface area contributed by atoms with Crippen LogP contribution in [0.2, 0.25) is 0 Å².